The summed E-state index contributed by atoms with van der Waals surface area (Å²) in [6, 6.07) is 30.4. The van der Waals surface area contributed by atoms with Crippen LogP contribution in [0.4, 0.5) is 5.69 Å². The quantitative estimate of drug-likeness (QED) is 0.272. The van der Waals surface area contributed by atoms with Gasteiger partial charge in [-0.25, -0.2) is 0 Å². The maximum atomic E-state index is 12.6. The van der Waals surface area contributed by atoms with Gasteiger partial charge in [-0.2, -0.15) is 5.26 Å². The molecule has 4 nitrogen and oxygen atoms in total. The number of halogens is 1. The minimum Gasteiger partial charge on any atom is -0.488 e. The van der Waals surface area contributed by atoms with E-state index in [4.69, 9.17) is 16.3 Å². The molecule has 0 heterocycles. The van der Waals surface area contributed by atoms with Crippen molar-refractivity contribution in [2.24, 2.45) is 0 Å². The Hall–Kier alpha value is -4.07. The lowest BCUT2D eigenvalue weighted by atomic mass is 10.1. The molecule has 156 valence electrons. The first kappa shape index (κ1) is 21.2. The van der Waals surface area contributed by atoms with Crippen molar-refractivity contribution in [3.8, 4) is 11.8 Å². The Kier molecular flexibility index (Phi) is 6.50. The molecular weight excluding hydrogens is 420 g/mol. The Morgan fingerprint density at radius 1 is 0.938 bits per heavy atom. The fourth-order valence-electron chi connectivity index (χ4n) is 3.29. The van der Waals surface area contributed by atoms with Gasteiger partial charge in [-0.3, -0.25) is 4.79 Å². The molecule has 0 spiro atoms. The predicted octanol–water partition coefficient (Wildman–Crippen LogP) is 6.62. The number of benzene rings is 4. The van der Waals surface area contributed by atoms with Crippen LogP contribution in [0, 0.1) is 11.3 Å². The van der Waals surface area contributed by atoms with E-state index in [1.807, 2.05) is 42.5 Å². The lowest BCUT2D eigenvalue weighted by Crippen LogP contribution is -2.13. The molecule has 0 aliphatic rings. The average molecular weight is 439 g/mol. The zero-order valence-corrected chi connectivity index (χ0v) is 17.8. The number of amides is 1. The molecule has 0 radical (unpaired) electrons. The molecule has 4 rings (SSSR count). The van der Waals surface area contributed by atoms with E-state index in [-0.39, 0.29) is 5.57 Å². The third kappa shape index (κ3) is 5.15. The van der Waals surface area contributed by atoms with E-state index in [0.29, 0.717) is 28.6 Å². The molecule has 32 heavy (non-hydrogen) atoms. The number of fused-ring (bicyclic) bond motifs is 1. The lowest BCUT2D eigenvalue weighted by molar-refractivity contribution is -0.112. The van der Waals surface area contributed by atoms with Crippen LogP contribution in [0.3, 0.4) is 0 Å². The minimum atomic E-state index is -0.515. The number of nitrogens with zero attached hydrogens (tertiary/aromatic N) is 1. The van der Waals surface area contributed by atoms with Crippen LogP contribution in [0.15, 0.2) is 96.6 Å². The van der Waals surface area contributed by atoms with Crippen LogP contribution in [0.2, 0.25) is 5.02 Å². The van der Waals surface area contributed by atoms with E-state index in [0.717, 1.165) is 10.9 Å². The van der Waals surface area contributed by atoms with Crippen molar-refractivity contribution in [3.05, 3.63) is 113 Å². The first-order valence-electron chi connectivity index (χ1n) is 10.0. The summed E-state index contributed by atoms with van der Waals surface area (Å²) >= 11 is 5.96. The molecule has 0 aliphatic carbocycles. The van der Waals surface area contributed by atoms with Gasteiger partial charge in [0.2, 0.25) is 0 Å². The minimum absolute atomic E-state index is 0.0354. The molecular formula is C27H19ClN2O2. The summed E-state index contributed by atoms with van der Waals surface area (Å²) in [5.41, 5.74) is 2.16. The van der Waals surface area contributed by atoms with Gasteiger partial charge in [0.1, 0.15) is 24.0 Å². The van der Waals surface area contributed by atoms with E-state index < -0.39 is 5.91 Å². The molecule has 0 atom stereocenters. The van der Waals surface area contributed by atoms with Crippen LogP contribution in [0.5, 0.6) is 5.75 Å². The van der Waals surface area contributed by atoms with E-state index in [1.54, 1.807) is 30.3 Å². The van der Waals surface area contributed by atoms with Gasteiger partial charge in [-0.05, 0) is 52.7 Å². The van der Waals surface area contributed by atoms with E-state index in [1.165, 1.54) is 11.5 Å². The SMILES string of the molecule is N#C/C(=C\c1ccccc1OCc1ccc2ccccc2c1)C(=O)Nc1cccc(Cl)c1. The van der Waals surface area contributed by atoms with Crippen molar-refractivity contribution >= 4 is 40.0 Å². The van der Waals surface area contributed by atoms with Gasteiger partial charge in [-0.1, -0.05) is 72.3 Å². The standard InChI is InChI=1S/C27H19ClN2O2/c28-24-9-5-10-25(16-24)30-27(31)23(17-29)15-22-8-3-4-11-26(22)32-18-19-12-13-20-6-1-2-7-21(20)14-19/h1-16H,18H2,(H,30,31)/b23-15+. The highest BCUT2D eigenvalue weighted by Gasteiger charge is 2.12. The number of carbonyl (C=O) groups excluding carboxylic acids is 1. The molecule has 1 amide bonds. The molecule has 0 aromatic heterocycles. The number of hydrogen-bond donors (Lipinski definition) is 1. The summed E-state index contributed by atoms with van der Waals surface area (Å²) in [7, 11) is 0. The van der Waals surface area contributed by atoms with E-state index in [2.05, 4.69) is 29.6 Å². The topological polar surface area (TPSA) is 62.1 Å². The summed E-state index contributed by atoms with van der Waals surface area (Å²) in [5.74, 6) is 0.0723. The highest BCUT2D eigenvalue weighted by molar-refractivity contribution is 6.31. The van der Waals surface area contributed by atoms with Crippen molar-refractivity contribution in [2.75, 3.05) is 5.32 Å². The molecule has 0 saturated carbocycles. The first-order valence-corrected chi connectivity index (χ1v) is 10.4. The number of nitrogens with one attached hydrogen (secondary N) is 1. The second kappa shape index (κ2) is 9.82. The molecule has 0 aliphatic heterocycles. The molecule has 5 heteroatoms. The second-order valence-electron chi connectivity index (χ2n) is 7.14. The number of anilines is 1. The summed E-state index contributed by atoms with van der Waals surface area (Å²) in [6.45, 7) is 0.367. The molecule has 0 fully saturated rings. The van der Waals surface area contributed by atoms with Crippen molar-refractivity contribution < 1.29 is 9.53 Å². The van der Waals surface area contributed by atoms with Gasteiger partial charge < -0.3 is 10.1 Å². The van der Waals surface area contributed by atoms with Crippen LogP contribution in [0.25, 0.3) is 16.8 Å². The number of nitriles is 1. The van der Waals surface area contributed by atoms with Gasteiger partial charge in [0.25, 0.3) is 5.91 Å². The zero-order chi connectivity index (χ0) is 22.3. The first-order chi connectivity index (χ1) is 15.6. The normalized spacial score (nSPS) is 11.1. The Bertz CT molecular complexity index is 1360. The maximum absolute atomic E-state index is 12.6. The predicted molar refractivity (Wildman–Crippen MR) is 128 cm³/mol. The molecule has 0 unspecified atom stereocenters. The molecule has 4 aromatic carbocycles. The summed E-state index contributed by atoms with van der Waals surface area (Å²) in [6.07, 6.45) is 1.52. The third-order valence-electron chi connectivity index (χ3n) is 4.87. The number of hydrogen-bond acceptors (Lipinski definition) is 3. The summed E-state index contributed by atoms with van der Waals surface area (Å²) in [4.78, 5) is 12.6. The Morgan fingerprint density at radius 2 is 1.72 bits per heavy atom. The van der Waals surface area contributed by atoms with Crippen LogP contribution in [-0.4, -0.2) is 5.91 Å². The zero-order valence-electron chi connectivity index (χ0n) is 17.1. The van der Waals surface area contributed by atoms with Crippen molar-refractivity contribution in [2.45, 2.75) is 6.61 Å². The molecule has 1 N–H and O–H groups in total. The van der Waals surface area contributed by atoms with Gasteiger partial charge in [0, 0.05) is 16.3 Å². The van der Waals surface area contributed by atoms with Crippen molar-refractivity contribution in [3.63, 3.8) is 0 Å². The van der Waals surface area contributed by atoms with Gasteiger partial charge in [0.05, 0.1) is 0 Å². The largest absolute Gasteiger partial charge is 0.488 e. The highest BCUT2D eigenvalue weighted by Crippen LogP contribution is 2.24. The number of ether oxygens (including phenoxy) is 1. The number of carbonyl (C=O) groups is 1. The maximum Gasteiger partial charge on any atom is 0.266 e. The Morgan fingerprint density at radius 3 is 2.53 bits per heavy atom. The van der Waals surface area contributed by atoms with E-state index in [9.17, 15) is 10.1 Å². The van der Waals surface area contributed by atoms with Crippen molar-refractivity contribution in [1.82, 2.24) is 0 Å². The van der Waals surface area contributed by atoms with Crippen LogP contribution in [-0.2, 0) is 11.4 Å². The Balaban J connectivity index is 1.52. The van der Waals surface area contributed by atoms with Crippen LogP contribution >= 0.6 is 11.6 Å². The number of rotatable bonds is 6. The second-order valence-corrected chi connectivity index (χ2v) is 7.58. The molecule has 4 aromatic rings. The average Bonchev–Trinajstić information content (AvgIpc) is 2.81. The van der Waals surface area contributed by atoms with Crippen LogP contribution in [0.1, 0.15) is 11.1 Å². The highest BCUT2D eigenvalue weighted by atomic mass is 35.5. The monoisotopic (exact) mass is 438 g/mol. The van der Waals surface area contributed by atoms with Crippen molar-refractivity contribution in [1.29, 1.82) is 5.26 Å². The number of para-hydroxylation sites is 1. The van der Waals surface area contributed by atoms with Gasteiger partial charge in [0.15, 0.2) is 0 Å². The fraction of sp³-hybridized carbons (Fsp3) is 0.0370. The smallest absolute Gasteiger partial charge is 0.266 e. The molecule has 0 saturated heterocycles. The van der Waals surface area contributed by atoms with E-state index >= 15 is 0 Å². The van der Waals surface area contributed by atoms with Gasteiger partial charge in [-0.15, -0.1) is 0 Å². The van der Waals surface area contributed by atoms with Crippen LogP contribution < -0.4 is 10.1 Å². The lowest BCUT2D eigenvalue weighted by Gasteiger charge is -2.11. The Labute approximate surface area is 191 Å². The summed E-state index contributed by atoms with van der Waals surface area (Å²) in [5, 5.41) is 15.0. The molecule has 0 bridgehead atoms. The summed E-state index contributed by atoms with van der Waals surface area (Å²) < 4.78 is 6.03. The van der Waals surface area contributed by atoms with Gasteiger partial charge >= 0.3 is 0 Å². The third-order valence-corrected chi connectivity index (χ3v) is 5.11. The fourth-order valence-corrected chi connectivity index (χ4v) is 3.48.